The number of hydrogen-bond donors (Lipinski definition) is 2. The smallest absolute Gasteiger partial charge is 0.0306 e. The molecule has 3 unspecified atom stereocenters. The van der Waals surface area contributed by atoms with E-state index in [9.17, 15) is 0 Å². The Morgan fingerprint density at radius 2 is 2.07 bits per heavy atom. The Morgan fingerprint density at radius 1 is 1.36 bits per heavy atom. The number of hydrogen-bond acceptors (Lipinski definition) is 2. The molecule has 0 heterocycles. The fourth-order valence-corrected chi connectivity index (χ4v) is 2.52. The third kappa shape index (κ3) is 2.71. The third-order valence-corrected chi connectivity index (χ3v) is 3.90. The van der Waals surface area contributed by atoms with Crippen LogP contribution in [0, 0.1) is 11.8 Å². The molecule has 1 fully saturated rings. The minimum atomic E-state index is 0.252. The highest BCUT2D eigenvalue weighted by Gasteiger charge is 2.35. The largest absolute Gasteiger partial charge is 0.329 e. The van der Waals surface area contributed by atoms with E-state index in [1.807, 2.05) is 0 Å². The first-order valence-electron chi connectivity index (χ1n) is 6.08. The summed E-state index contributed by atoms with van der Waals surface area (Å²) in [6, 6.07) is 0. The van der Waals surface area contributed by atoms with Crippen molar-refractivity contribution in [1.82, 2.24) is 5.32 Å². The molecule has 0 radical (unpaired) electrons. The van der Waals surface area contributed by atoms with Crippen LogP contribution in [0.2, 0.25) is 0 Å². The highest BCUT2D eigenvalue weighted by Crippen LogP contribution is 2.35. The van der Waals surface area contributed by atoms with Gasteiger partial charge in [0.25, 0.3) is 0 Å². The van der Waals surface area contributed by atoms with Crippen LogP contribution < -0.4 is 11.1 Å². The SMILES string of the molecule is CCCNC1(CN)CCC(C)C(C)C1. The van der Waals surface area contributed by atoms with Gasteiger partial charge in [-0.25, -0.2) is 0 Å². The van der Waals surface area contributed by atoms with Gasteiger partial charge in [-0.1, -0.05) is 20.8 Å². The quantitative estimate of drug-likeness (QED) is 0.726. The molecule has 14 heavy (non-hydrogen) atoms. The second-order valence-electron chi connectivity index (χ2n) is 5.11. The van der Waals surface area contributed by atoms with E-state index in [0.29, 0.717) is 0 Å². The molecule has 0 spiro atoms. The maximum Gasteiger partial charge on any atom is 0.0306 e. The first-order chi connectivity index (χ1) is 6.63. The average Bonchev–Trinajstić information content (AvgIpc) is 2.20. The van der Waals surface area contributed by atoms with Gasteiger partial charge in [-0.2, -0.15) is 0 Å². The van der Waals surface area contributed by atoms with E-state index in [4.69, 9.17) is 5.73 Å². The first kappa shape index (κ1) is 12.0. The second-order valence-corrected chi connectivity index (χ2v) is 5.11. The van der Waals surface area contributed by atoms with E-state index in [1.165, 1.54) is 25.7 Å². The Kier molecular flexibility index (Phi) is 4.39. The predicted octanol–water partition coefficient (Wildman–Crippen LogP) is 2.14. The highest BCUT2D eigenvalue weighted by atomic mass is 15.0. The average molecular weight is 198 g/mol. The van der Waals surface area contributed by atoms with Crippen LogP contribution in [0.25, 0.3) is 0 Å². The van der Waals surface area contributed by atoms with Crippen molar-refractivity contribution < 1.29 is 0 Å². The van der Waals surface area contributed by atoms with Crippen LogP contribution in [0.4, 0.5) is 0 Å². The van der Waals surface area contributed by atoms with Gasteiger partial charge in [0.1, 0.15) is 0 Å². The zero-order valence-electron chi connectivity index (χ0n) is 9.97. The Hall–Kier alpha value is -0.0800. The van der Waals surface area contributed by atoms with Crippen molar-refractivity contribution in [3.63, 3.8) is 0 Å². The van der Waals surface area contributed by atoms with Crippen LogP contribution in [0.1, 0.15) is 46.5 Å². The van der Waals surface area contributed by atoms with Gasteiger partial charge >= 0.3 is 0 Å². The molecule has 0 bridgehead atoms. The molecule has 2 heteroatoms. The zero-order chi connectivity index (χ0) is 10.6. The Bertz CT molecular complexity index is 166. The fourth-order valence-electron chi connectivity index (χ4n) is 2.52. The minimum absolute atomic E-state index is 0.252. The summed E-state index contributed by atoms with van der Waals surface area (Å²) in [7, 11) is 0. The lowest BCUT2D eigenvalue weighted by atomic mass is 9.71. The maximum absolute atomic E-state index is 5.92. The Morgan fingerprint density at radius 3 is 2.57 bits per heavy atom. The van der Waals surface area contributed by atoms with Gasteiger partial charge in [0.15, 0.2) is 0 Å². The van der Waals surface area contributed by atoms with Gasteiger partial charge < -0.3 is 11.1 Å². The monoisotopic (exact) mass is 198 g/mol. The molecule has 0 aliphatic heterocycles. The molecule has 1 aliphatic rings. The van der Waals surface area contributed by atoms with Crippen molar-refractivity contribution in [1.29, 1.82) is 0 Å². The highest BCUT2D eigenvalue weighted by molar-refractivity contribution is 4.95. The van der Waals surface area contributed by atoms with Gasteiger partial charge in [0.05, 0.1) is 0 Å². The lowest BCUT2D eigenvalue weighted by Gasteiger charge is -2.43. The second kappa shape index (κ2) is 5.13. The molecule has 1 saturated carbocycles. The molecule has 0 amide bonds. The molecule has 84 valence electrons. The molecule has 0 aromatic rings. The van der Waals surface area contributed by atoms with Crippen molar-refractivity contribution >= 4 is 0 Å². The Labute approximate surface area is 88.6 Å². The van der Waals surface area contributed by atoms with Gasteiger partial charge in [0.2, 0.25) is 0 Å². The summed E-state index contributed by atoms with van der Waals surface area (Å²) < 4.78 is 0. The fraction of sp³-hybridized carbons (Fsp3) is 1.00. The standard InChI is InChI=1S/C12H26N2/c1-4-7-14-12(9-13)6-5-10(2)11(3)8-12/h10-11,14H,4-9,13H2,1-3H3. The van der Waals surface area contributed by atoms with E-state index in [1.54, 1.807) is 0 Å². The molecular formula is C12H26N2. The molecule has 3 atom stereocenters. The normalized spacial score (nSPS) is 38.6. The van der Waals surface area contributed by atoms with Crippen molar-refractivity contribution in [2.24, 2.45) is 17.6 Å². The van der Waals surface area contributed by atoms with Gasteiger partial charge in [-0.15, -0.1) is 0 Å². The van der Waals surface area contributed by atoms with E-state index in [0.717, 1.165) is 24.9 Å². The maximum atomic E-state index is 5.92. The summed E-state index contributed by atoms with van der Waals surface area (Å²) in [6.07, 6.45) is 5.04. The van der Waals surface area contributed by atoms with E-state index < -0.39 is 0 Å². The van der Waals surface area contributed by atoms with Crippen LogP contribution >= 0.6 is 0 Å². The third-order valence-electron chi connectivity index (χ3n) is 3.90. The Balaban J connectivity index is 2.52. The molecule has 1 rings (SSSR count). The molecule has 0 aromatic heterocycles. The minimum Gasteiger partial charge on any atom is -0.329 e. The van der Waals surface area contributed by atoms with E-state index in [-0.39, 0.29) is 5.54 Å². The predicted molar refractivity (Wildman–Crippen MR) is 62.3 cm³/mol. The molecule has 3 N–H and O–H groups in total. The van der Waals surface area contributed by atoms with Crippen molar-refractivity contribution in [2.75, 3.05) is 13.1 Å². The van der Waals surface area contributed by atoms with Gasteiger partial charge in [-0.3, -0.25) is 0 Å². The van der Waals surface area contributed by atoms with Crippen LogP contribution in [-0.4, -0.2) is 18.6 Å². The van der Waals surface area contributed by atoms with Crippen molar-refractivity contribution in [2.45, 2.75) is 52.0 Å². The molecule has 1 aliphatic carbocycles. The van der Waals surface area contributed by atoms with Gasteiger partial charge in [0, 0.05) is 12.1 Å². The first-order valence-corrected chi connectivity index (χ1v) is 6.08. The molecular weight excluding hydrogens is 172 g/mol. The number of nitrogens with one attached hydrogen (secondary N) is 1. The van der Waals surface area contributed by atoms with Gasteiger partial charge in [-0.05, 0) is 44.1 Å². The summed E-state index contributed by atoms with van der Waals surface area (Å²) in [4.78, 5) is 0. The lowest BCUT2D eigenvalue weighted by Crippen LogP contribution is -2.55. The summed E-state index contributed by atoms with van der Waals surface area (Å²) in [5, 5.41) is 3.66. The van der Waals surface area contributed by atoms with E-state index in [2.05, 4.69) is 26.1 Å². The zero-order valence-corrected chi connectivity index (χ0v) is 9.97. The summed E-state index contributed by atoms with van der Waals surface area (Å²) in [5.41, 5.74) is 6.18. The summed E-state index contributed by atoms with van der Waals surface area (Å²) in [5.74, 6) is 1.69. The van der Waals surface area contributed by atoms with Crippen LogP contribution in [0.5, 0.6) is 0 Å². The van der Waals surface area contributed by atoms with Crippen LogP contribution in [-0.2, 0) is 0 Å². The van der Waals surface area contributed by atoms with E-state index >= 15 is 0 Å². The van der Waals surface area contributed by atoms with Crippen molar-refractivity contribution in [3.05, 3.63) is 0 Å². The molecule has 2 nitrogen and oxygen atoms in total. The number of nitrogens with two attached hydrogens (primary N) is 1. The number of rotatable bonds is 4. The topological polar surface area (TPSA) is 38.0 Å². The summed E-state index contributed by atoms with van der Waals surface area (Å²) in [6.45, 7) is 8.85. The van der Waals surface area contributed by atoms with Crippen LogP contribution in [0.3, 0.4) is 0 Å². The summed E-state index contributed by atoms with van der Waals surface area (Å²) >= 11 is 0. The van der Waals surface area contributed by atoms with Crippen LogP contribution in [0.15, 0.2) is 0 Å². The molecule has 0 aromatic carbocycles. The van der Waals surface area contributed by atoms with Crippen molar-refractivity contribution in [3.8, 4) is 0 Å². The lowest BCUT2D eigenvalue weighted by molar-refractivity contribution is 0.147. The molecule has 0 saturated heterocycles.